The maximum atomic E-state index is 11.8. The Balaban J connectivity index is 2.34. The first-order chi connectivity index (χ1) is 9.78. The molecular formula is C11H14F3N3O4. The lowest BCUT2D eigenvalue weighted by Gasteiger charge is -2.14. The summed E-state index contributed by atoms with van der Waals surface area (Å²) in [5.74, 6) is -1.96. The van der Waals surface area contributed by atoms with Crippen molar-refractivity contribution >= 4 is 11.9 Å². The van der Waals surface area contributed by atoms with Crippen LogP contribution in [0.25, 0.3) is 0 Å². The molecule has 1 heterocycles. The number of hydrogen-bond acceptors (Lipinski definition) is 4. The molecule has 0 saturated carbocycles. The van der Waals surface area contributed by atoms with Crippen LogP contribution in [0.5, 0.6) is 0 Å². The smallest absolute Gasteiger partial charge is 0.411 e. The van der Waals surface area contributed by atoms with Crippen LogP contribution in [0.1, 0.15) is 12.1 Å². The monoisotopic (exact) mass is 309 g/mol. The van der Waals surface area contributed by atoms with Gasteiger partial charge in [-0.25, -0.2) is 9.78 Å². The number of imidazole rings is 1. The Kier molecular flexibility index (Phi) is 6.15. The first-order valence-electron chi connectivity index (χ1n) is 5.92. The zero-order valence-corrected chi connectivity index (χ0v) is 10.8. The Morgan fingerprint density at radius 3 is 2.71 bits per heavy atom. The summed E-state index contributed by atoms with van der Waals surface area (Å²) in [5, 5.41) is 11.2. The van der Waals surface area contributed by atoms with Gasteiger partial charge in [-0.15, -0.1) is 0 Å². The van der Waals surface area contributed by atoms with E-state index in [1.54, 1.807) is 0 Å². The van der Waals surface area contributed by atoms with Gasteiger partial charge in [0.25, 0.3) is 0 Å². The van der Waals surface area contributed by atoms with Crippen LogP contribution in [0.3, 0.4) is 0 Å². The molecule has 1 aromatic rings. The van der Waals surface area contributed by atoms with E-state index in [2.05, 4.69) is 20.0 Å². The Morgan fingerprint density at radius 2 is 2.19 bits per heavy atom. The van der Waals surface area contributed by atoms with Gasteiger partial charge in [-0.2, -0.15) is 13.2 Å². The highest BCUT2D eigenvalue weighted by Crippen LogP contribution is 2.14. The molecule has 1 amide bonds. The Morgan fingerprint density at radius 1 is 1.48 bits per heavy atom. The molecule has 0 radical (unpaired) electrons. The molecule has 1 rings (SSSR count). The lowest BCUT2D eigenvalue weighted by atomic mass is 10.1. The number of aromatic nitrogens is 2. The molecule has 10 heteroatoms. The third-order valence-corrected chi connectivity index (χ3v) is 2.35. The first-order valence-corrected chi connectivity index (χ1v) is 5.92. The number of aromatic amines is 1. The maximum Gasteiger partial charge on any atom is 0.411 e. The molecule has 1 aromatic heterocycles. The number of carbonyl (C=O) groups is 2. The molecule has 118 valence electrons. The van der Waals surface area contributed by atoms with Gasteiger partial charge in [0.05, 0.1) is 12.9 Å². The maximum absolute atomic E-state index is 11.8. The van der Waals surface area contributed by atoms with Crippen molar-refractivity contribution in [1.29, 1.82) is 0 Å². The Hall–Kier alpha value is -2.10. The molecule has 0 aliphatic carbocycles. The van der Waals surface area contributed by atoms with E-state index in [0.717, 1.165) is 0 Å². The predicted molar refractivity (Wildman–Crippen MR) is 63.3 cm³/mol. The normalized spacial score (nSPS) is 12.9. The number of nitrogens with one attached hydrogen (secondary N) is 2. The minimum absolute atomic E-state index is 0.00944. The van der Waals surface area contributed by atoms with Crippen LogP contribution in [-0.4, -0.2) is 52.4 Å². The second-order valence-corrected chi connectivity index (χ2v) is 4.16. The number of carbonyl (C=O) groups excluding carboxylic acids is 1. The predicted octanol–water partition coefficient (Wildman–Crippen LogP) is 0.491. The molecule has 0 bridgehead atoms. The zero-order valence-electron chi connectivity index (χ0n) is 10.8. The van der Waals surface area contributed by atoms with E-state index in [9.17, 15) is 22.8 Å². The number of carboxylic acids is 1. The van der Waals surface area contributed by atoms with E-state index >= 15 is 0 Å². The van der Waals surface area contributed by atoms with Crippen LogP contribution in [0, 0.1) is 0 Å². The molecular weight excluding hydrogens is 295 g/mol. The molecule has 0 aliphatic rings. The second-order valence-electron chi connectivity index (χ2n) is 4.16. The standard InChI is InChI=1S/C11H14F3N3O4/c12-11(13,14)5-21-2-1-9(18)17-8(10(19)20)3-7-4-15-6-16-7/h4,6,8H,1-3,5H2,(H,15,16)(H,17,18)(H,19,20)/t8-/m1/s1. The fraction of sp³-hybridized carbons (Fsp3) is 0.545. The molecule has 0 aromatic carbocycles. The number of alkyl halides is 3. The highest BCUT2D eigenvalue weighted by Gasteiger charge is 2.27. The summed E-state index contributed by atoms with van der Waals surface area (Å²) in [6.07, 6.45) is -2.05. The van der Waals surface area contributed by atoms with Gasteiger partial charge < -0.3 is 20.1 Å². The fourth-order valence-corrected chi connectivity index (χ4v) is 1.44. The van der Waals surface area contributed by atoms with Gasteiger partial charge in [0, 0.05) is 24.7 Å². The summed E-state index contributed by atoms with van der Waals surface area (Å²) in [5.41, 5.74) is 0.510. The van der Waals surface area contributed by atoms with E-state index in [1.807, 2.05) is 0 Å². The molecule has 0 saturated heterocycles. The van der Waals surface area contributed by atoms with Gasteiger partial charge in [0.1, 0.15) is 12.6 Å². The van der Waals surface area contributed by atoms with Gasteiger partial charge in [-0.3, -0.25) is 4.79 Å². The summed E-state index contributed by atoms with van der Waals surface area (Å²) in [7, 11) is 0. The lowest BCUT2D eigenvalue weighted by molar-refractivity contribution is -0.174. The first kappa shape index (κ1) is 17.0. The van der Waals surface area contributed by atoms with Crippen molar-refractivity contribution in [2.45, 2.75) is 25.1 Å². The molecule has 0 unspecified atom stereocenters. The largest absolute Gasteiger partial charge is 0.480 e. The van der Waals surface area contributed by atoms with E-state index in [1.165, 1.54) is 12.5 Å². The van der Waals surface area contributed by atoms with Crippen molar-refractivity contribution in [2.75, 3.05) is 13.2 Å². The summed E-state index contributed by atoms with van der Waals surface area (Å²) in [4.78, 5) is 28.8. The number of ether oxygens (including phenoxy) is 1. The van der Waals surface area contributed by atoms with E-state index in [-0.39, 0.29) is 12.8 Å². The summed E-state index contributed by atoms with van der Waals surface area (Å²) in [6.45, 7) is -1.89. The molecule has 0 spiro atoms. The second kappa shape index (κ2) is 7.62. The number of aliphatic carboxylic acids is 1. The lowest BCUT2D eigenvalue weighted by Crippen LogP contribution is -2.42. The van der Waals surface area contributed by atoms with Gasteiger partial charge in [-0.05, 0) is 0 Å². The van der Waals surface area contributed by atoms with Crippen molar-refractivity contribution < 1.29 is 32.6 Å². The van der Waals surface area contributed by atoms with E-state index in [0.29, 0.717) is 5.69 Å². The number of carboxylic acid groups (broad SMARTS) is 1. The topological polar surface area (TPSA) is 104 Å². The molecule has 3 N–H and O–H groups in total. The zero-order chi connectivity index (χ0) is 15.9. The average molecular weight is 309 g/mol. The number of H-pyrrole nitrogens is 1. The Bertz CT molecular complexity index is 462. The minimum atomic E-state index is -4.46. The number of rotatable bonds is 8. The van der Waals surface area contributed by atoms with Gasteiger partial charge >= 0.3 is 12.1 Å². The van der Waals surface area contributed by atoms with Crippen molar-refractivity contribution in [3.8, 4) is 0 Å². The molecule has 7 nitrogen and oxygen atoms in total. The van der Waals surface area contributed by atoms with Gasteiger partial charge in [-0.1, -0.05) is 0 Å². The van der Waals surface area contributed by atoms with E-state index in [4.69, 9.17) is 5.11 Å². The van der Waals surface area contributed by atoms with Crippen molar-refractivity contribution in [3.05, 3.63) is 18.2 Å². The number of hydrogen-bond donors (Lipinski definition) is 3. The highest BCUT2D eigenvalue weighted by atomic mass is 19.4. The summed E-state index contributed by atoms with van der Waals surface area (Å²) < 4.78 is 39.7. The molecule has 21 heavy (non-hydrogen) atoms. The molecule has 0 aliphatic heterocycles. The van der Waals surface area contributed by atoms with Crippen LogP contribution in [-0.2, 0) is 20.7 Å². The van der Waals surface area contributed by atoms with Gasteiger partial charge in [0.2, 0.25) is 5.91 Å². The quantitative estimate of drug-likeness (QED) is 0.606. The van der Waals surface area contributed by atoms with Crippen molar-refractivity contribution in [3.63, 3.8) is 0 Å². The van der Waals surface area contributed by atoms with Gasteiger partial charge in [0.15, 0.2) is 0 Å². The van der Waals surface area contributed by atoms with Crippen LogP contribution in [0.15, 0.2) is 12.5 Å². The van der Waals surface area contributed by atoms with Crippen LogP contribution < -0.4 is 5.32 Å². The van der Waals surface area contributed by atoms with Crippen LogP contribution in [0.2, 0.25) is 0 Å². The SMILES string of the molecule is O=C(CCOCC(F)(F)F)N[C@H](Cc1cnc[nH]1)C(=O)O. The summed E-state index contributed by atoms with van der Waals surface area (Å²) in [6, 6.07) is -1.19. The van der Waals surface area contributed by atoms with E-state index < -0.39 is 37.3 Å². The number of amides is 1. The molecule has 0 fully saturated rings. The Labute approximate surface area is 117 Å². The third kappa shape index (κ3) is 7.30. The van der Waals surface area contributed by atoms with Crippen LogP contribution in [0.4, 0.5) is 13.2 Å². The van der Waals surface area contributed by atoms with Crippen molar-refractivity contribution in [1.82, 2.24) is 15.3 Å². The third-order valence-electron chi connectivity index (χ3n) is 2.35. The van der Waals surface area contributed by atoms with Crippen LogP contribution >= 0.6 is 0 Å². The fourth-order valence-electron chi connectivity index (χ4n) is 1.44. The number of nitrogens with zero attached hydrogens (tertiary/aromatic N) is 1. The minimum Gasteiger partial charge on any atom is -0.480 e. The molecule has 1 atom stereocenters. The highest BCUT2D eigenvalue weighted by molar-refractivity contribution is 5.83. The number of halogens is 3. The van der Waals surface area contributed by atoms with Crippen molar-refractivity contribution in [2.24, 2.45) is 0 Å². The average Bonchev–Trinajstić information content (AvgIpc) is 2.85. The summed E-state index contributed by atoms with van der Waals surface area (Å²) >= 11 is 0.